The minimum absolute atomic E-state index is 0.163. The molecule has 1 heterocycles. The summed E-state index contributed by atoms with van der Waals surface area (Å²) in [4.78, 5) is 13.8. The number of anilines is 1. The van der Waals surface area contributed by atoms with E-state index >= 15 is 0 Å². The molecule has 0 unspecified atom stereocenters. The Labute approximate surface area is 133 Å². The van der Waals surface area contributed by atoms with Crippen molar-refractivity contribution < 1.29 is 4.79 Å². The first-order chi connectivity index (χ1) is 8.99. The van der Waals surface area contributed by atoms with Crippen LogP contribution < -0.4 is 4.90 Å². The maximum absolute atomic E-state index is 11.5. The minimum Gasteiger partial charge on any atom is -0.371 e. The van der Waals surface area contributed by atoms with E-state index in [1.165, 1.54) is 0 Å². The Morgan fingerprint density at radius 2 is 2.26 bits per heavy atom. The smallest absolute Gasteiger partial charge is 0.134 e. The van der Waals surface area contributed by atoms with E-state index in [4.69, 9.17) is 11.6 Å². The lowest BCUT2D eigenvalue weighted by Crippen LogP contribution is -2.38. The van der Waals surface area contributed by atoms with Crippen LogP contribution in [0.2, 0.25) is 5.02 Å². The van der Waals surface area contributed by atoms with Gasteiger partial charge in [-0.05, 0) is 60.6 Å². The van der Waals surface area contributed by atoms with Crippen LogP contribution in [0.25, 0.3) is 3.58 Å². The SMILES string of the molecule is C=C(I)c1cc(N2CCC[C@H](C(C)=O)C2)ccc1Cl. The summed E-state index contributed by atoms with van der Waals surface area (Å²) in [5, 5.41) is 0.725. The number of ketones is 1. The van der Waals surface area contributed by atoms with Gasteiger partial charge in [0.15, 0.2) is 0 Å². The summed E-state index contributed by atoms with van der Waals surface area (Å²) in [6, 6.07) is 6.00. The molecule has 2 rings (SSSR count). The van der Waals surface area contributed by atoms with Gasteiger partial charge in [-0.15, -0.1) is 0 Å². The van der Waals surface area contributed by atoms with Crippen molar-refractivity contribution in [2.75, 3.05) is 18.0 Å². The van der Waals surface area contributed by atoms with Gasteiger partial charge in [-0.2, -0.15) is 0 Å². The second kappa shape index (κ2) is 6.27. The molecular weight excluding hydrogens is 373 g/mol. The molecule has 4 heteroatoms. The fourth-order valence-electron chi connectivity index (χ4n) is 2.46. The van der Waals surface area contributed by atoms with Gasteiger partial charge in [0.25, 0.3) is 0 Å². The average molecular weight is 390 g/mol. The number of piperidine rings is 1. The molecule has 1 aromatic rings. The number of carbonyl (C=O) groups excluding carboxylic acids is 1. The van der Waals surface area contributed by atoms with Crippen molar-refractivity contribution in [3.05, 3.63) is 35.4 Å². The predicted octanol–water partition coefficient (Wildman–Crippen LogP) is 4.55. The van der Waals surface area contributed by atoms with Crippen molar-refractivity contribution in [2.24, 2.45) is 5.92 Å². The van der Waals surface area contributed by atoms with Crippen LogP contribution in [0.4, 0.5) is 5.69 Å². The zero-order chi connectivity index (χ0) is 14.0. The Kier molecular flexibility index (Phi) is 4.90. The number of hydrogen-bond donors (Lipinski definition) is 0. The molecule has 0 N–H and O–H groups in total. The van der Waals surface area contributed by atoms with Crippen LogP contribution in [0.5, 0.6) is 0 Å². The molecule has 1 aliphatic rings. The summed E-state index contributed by atoms with van der Waals surface area (Å²) in [6.07, 6.45) is 2.07. The number of halogens is 2. The molecule has 0 radical (unpaired) electrons. The Morgan fingerprint density at radius 3 is 2.89 bits per heavy atom. The fraction of sp³-hybridized carbons (Fsp3) is 0.400. The molecule has 102 valence electrons. The third kappa shape index (κ3) is 3.51. The first-order valence-corrected chi connectivity index (χ1v) is 7.84. The van der Waals surface area contributed by atoms with E-state index in [1.807, 2.05) is 12.1 Å². The van der Waals surface area contributed by atoms with Gasteiger partial charge < -0.3 is 4.90 Å². The number of carbonyl (C=O) groups is 1. The average Bonchev–Trinajstić information content (AvgIpc) is 2.39. The minimum atomic E-state index is 0.163. The Balaban J connectivity index is 2.24. The predicted molar refractivity (Wildman–Crippen MR) is 90.1 cm³/mol. The Hall–Kier alpha value is -0.550. The van der Waals surface area contributed by atoms with Crippen molar-refractivity contribution in [3.63, 3.8) is 0 Å². The molecule has 1 aromatic carbocycles. The van der Waals surface area contributed by atoms with Crippen molar-refractivity contribution in [2.45, 2.75) is 19.8 Å². The van der Waals surface area contributed by atoms with E-state index in [0.29, 0.717) is 0 Å². The first-order valence-electron chi connectivity index (χ1n) is 6.38. The van der Waals surface area contributed by atoms with Gasteiger partial charge in [0.1, 0.15) is 5.78 Å². The normalized spacial score (nSPS) is 19.3. The van der Waals surface area contributed by atoms with Crippen molar-refractivity contribution >= 4 is 49.2 Å². The van der Waals surface area contributed by atoms with Crippen LogP contribution in [0.3, 0.4) is 0 Å². The molecular formula is C15H17ClINO. The number of Topliss-reactive ketones (excluding diaryl/α,β-unsaturated/α-hetero) is 1. The zero-order valence-electron chi connectivity index (χ0n) is 11.0. The summed E-state index contributed by atoms with van der Waals surface area (Å²) >= 11 is 8.36. The van der Waals surface area contributed by atoms with Crippen LogP contribution in [0.1, 0.15) is 25.3 Å². The van der Waals surface area contributed by atoms with Crippen molar-refractivity contribution in [3.8, 4) is 0 Å². The lowest BCUT2D eigenvalue weighted by atomic mass is 9.94. The van der Waals surface area contributed by atoms with Crippen LogP contribution >= 0.6 is 34.2 Å². The highest BCUT2D eigenvalue weighted by Gasteiger charge is 2.23. The molecule has 0 aliphatic carbocycles. The second-order valence-corrected chi connectivity index (χ2v) is 6.67. The number of nitrogens with zero attached hydrogens (tertiary/aromatic N) is 1. The van der Waals surface area contributed by atoms with Crippen molar-refractivity contribution in [1.82, 2.24) is 0 Å². The maximum atomic E-state index is 11.5. The molecule has 19 heavy (non-hydrogen) atoms. The Bertz CT molecular complexity index is 515. The highest BCUT2D eigenvalue weighted by molar-refractivity contribution is 14.1. The molecule has 0 saturated carbocycles. The van der Waals surface area contributed by atoms with Crippen LogP contribution in [-0.2, 0) is 4.79 Å². The largest absolute Gasteiger partial charge is 0.371 e. The number of hydrogen-bond acceptors (Lipinski definition) is 2. The fourth-order valence-corrected chi connectivity index (χ4v) is 3.30. The molecule has 1 atom stereocenters. The lowest BCUT2D eigenvalue weighted by Gasteiger charge is -2.33. The van der Waals surface area contributed by atoms with Crippen molar-refractivity contribution in [1.29, 1.82) is 0 Å². The van der Waals surface area contributed by atoms with Crippen LogP contribution in [0.15, 0.2) is 24.8 Å². The highest BCUT2D eigenvalue weighted by Crippen LogP contribution is 2.32. The second-order valence-electron chi connectivity index (χ2n) is 4.96. The maximum Gasteiger partial charge on any atom is 0.134 e. The summed E-state index contributed by atoms with van der Waals surface area (Å²) < 4.78 is 0.935. The quantitative estimate of drug-likeness (QED) is 0.707. The van der Waals surface area contributed by atoms with E-state index in [-0.39, 0.29) is 11.7 Å². The lowest BCUT2D eigenvalue weighted by molar-refractivity contribution is -0.120. The number of benzene rings is 1. The van der Waals surface area contributed by atoms with Gasteiger partial charge in [-0.25, -0.2) is 0 Å². The van der Waals surface area contributed by atoms with Gasteiger partial charge in [0.2, 0.25) is 0 Å². The third-order valence-corrected chi connectivity index (χ3v) is 4.51. The van der Waals surface area contributed by atoms with Crippen LogP contribution in [-0.4, -0.2) is 18.9 Å². The van der Waals surface area contributed by atoms with Gasteiger partial charge in [0.05, 0.1) is 0 Å². The van der Waals surface area contributed by atoms with Gasteiger partial charge in [0, 0.05) is 38.9 Å². The van der Waals surface area contributed by atoms with E-state index in [9.17, 15) is 4.79 Å². The van der Waals surface area contributed by atoms with E-state index in [2.05, 4.69) is 40.1 Å². The Morgan fingerprint density at radius 1 is 1.53 bits per heavy atom. The molecule has 1 aliphatic heterocycles. The molecule has 0 aromatic heterocycles. The van der Waals surface area contributed by atoms with Gasteiger partial charge >= 0.3 is 0 Å². The molecule has 2 nitrogen and oxygen atoms in total. The first kappa shape index (κ1) is 14.9. The molecule has 1 fully saturated rings. The summed E-state index contributed by atoms with van der Waals surface area (Å²) in [5.41, 5.74) is 2.10. The summed E-state index contributed by atoms with van der Waals surface area (Å²) in [5.74, 6) is 0.452. The summed E-state index contributed by atoms with van der Waals surface area (Å²) in [6.45, 7) is 7.44. The molecule has 1 saturated heterocycles. The third-order valence-electron chi connectivity index (χ3n) is 3.60. The topological polar surface area (TPSA) is 20.3 Å². The van der Waals surface area contributed by atoms with Gasteiger partial charge in [-0.3, -0.25) is 4.79 Å². The standard InChI is InChI=1S/C15H17ClINO/c1-10(17)14-8-13(5-6-15(14)16)18-7-3-4-12(9-18)11(2)19/h5-6,8,12H,1,3-4,7,9H2,2H3/t12-/m0/s1. The van der Waals surface area contributed by atoms with Gasteiger partial charge in [-0.1, -0.05) is 18.2 Å². The van der Waals surface area contributed by atoms with Crippen LogP contribution in [0, 0.1) is 5.92 Å². The monoisotopic (exact) mass is 389 g/mol. The molecule has 0 amide bonds. The van der Waals surface area contributed by atoms with E-state index < -0.39 is 0 Å². The molecule has 0 spiro atoms. The summed E-state index contributed by atoms with van der Waals surface area (Å²) in [7, 11) is 0. The molecule has 0 bridgehead atoms. The highest BCUT2D eigenvalue weighted by atomic mass is 127. The zero-order valence-corrected chi connectivity index (χ0v) is 13.9. The van der Waals surface area contributed by atoms with E-state index in [1.54, 1.807) is 6.92 Å². The van der Waals surface area contributed by atoms with E-state index in [0.717, 1.165) is 45.8 Å². The number of rotatable bonds is 3.